The van der Waals surface area contributed by atoms with Crippen LogP contribution < -0.4 is 5.32 Å². The van der Waals surface area contributed by atoms with Gasteiger partial charge in [-0.15, -0.1) is 0 Å². The first-order valence-electron chi connectivity index (χ1n) is 10.9. The van der Waals surface area contributed by atoms with Gasteiger partial charge >= 0.3 is 0 Å². The average molecular weight is 434 g/mol. The molecule has 0 saturated carbocycles. The van der Waals surface area contributed by atoms with E-state index >= 15 is 0 Å². The lowest BCUT2D eigenvalue weighted by atomic mass is 9.74. The summed E-state index contributed by atoms with van der Waals surface area (Å²) in [6, 6.07) is 17.5. The van der Waals surface area contributed by atoms with E-state index in [2.05, 4.69) is 5.32 Å². The Hall–Kier alpha value is -3.00. The molecule has 2 atom stereocenters. The van der Waals surface area contributed by atoms with Crippen molar-refractivity contribution in [3.8, 4) is 0 Å². The molecule has 0 aromatic heterocycles. The third-order valence-corrected chi connectivity index (χ3v) is 6.42. The van der Waals surface area contributed by atoms with Gasteiger partial charge in [0.2, 0.25) is 5.79 Å². The second-order valence-corrected chi connectivity index (χ2v) is 8.61. The van der Waals surface area contributed by atoms with Gasteiger partial charge in [0.25, 0.3) is 11.8 Å². The highest BCUT2D eigenvalue weighted by Crippen LogP contribution is 2.55. The monoisotopic (exact) mass is 434 g/mol. The summed E-state index contributed by atoms with van der Waals surface area (Å²) < 4.78 is 12.4. The molecule has 1 aliphatic carbocycles. The van der Waals surface area contributed by atoms with Crippen molar-refractivity contribution in [2.75, 3.05) is 13.2 Å². The number of ether oxygens (including phenoxy) is 2. The largest absolute Gasteiger partial charge is 0.343 e. The first-order valence-corrected chi connectivity index (χ1v) is 10.9. The lowest BCUT2D eigenvalue weighted by Crippen LogP contribution is -2.62. The summed E-state index contributed by atoms with van der Waals surface area (Å²) in [6.45, 7) is 4.83. The normalized spacial score (nSPS) is 25.8. The minimum absolute atomic E-state index is 0.0967. The highest BCUT2D eigenvalue weighted by atomic mass is 16.8. The zero-order chi connectivity index (χ0) is 22.3. The number of rotatable bonds is 4. The Kier molecular flexibility index (Phi) is 5.12. The maximum Gasteiger partial charge on any atom is 0.277 e. The number of nitrogens with one attached hydrogen (secondary N) is 1. The third kappa shape index (κ3) is 3.08. The SMILES string of the molecule is CC(C)C12C=C(NC(=O)c3ccccc3)CC(N(C(=O)c3ccccc3)O1)C21OCCO1. The van der Waals surface area contributed by atoms with E-state index in [1.807, 2.05) is 56.3 Å². The molecule has 0 radical (unpaired) electrons. The molecule has 2 saturated heterocycles. The zero-order valence-electron chi connectivity index (χ0n) is 18.1. The maximum absolute atomic E-state index is 13.4. The van der Waals surface area contributed by atoms with Gasteiger partial charge in [0.15, 0.2) is 5.60 Å². The van der Waals surface area contributed by atoms with E-state index in [0.29, 0.717) is 36.5 Å². The van der Waals surface area contributed by atoms with Crippen molar-refractivity contribution >= 4 is 11.8 Å². The molecule has 3 aliphatic rings. The van der Waals surface area contributed by atoms with Gasteiger partial charge in [-0.05, 0) is 36.3 Å². The van der Waals surface area contributed by atoms with Crippen LogP contribution in [0.3, 0.4) is 0 Å². The topological polar surface area (TPSA) is 77.1 Å². The van der Waals surface area contributed by atoms with Crippen LogP contribution in [0.2, 0.25) is 0 Å². The summed E-state index contributed by atoms with van der Waals surface area (Å²) in [6.07, 6.45) is 2.21. The van der Waals surface area contributed by atoms with Gasteiger partial charge in [-0.3, -0.25) is 14.4 Å². The van der Waals surface area contributed by atoms with Crippen LogP contribution >= 0.6 is 0 Å². The number of hydrogen-bond acceptors (Lipinski definition) is 5. The fourth-order valence-electron chi connectivity index (χ4n) is 4.88. The van der Waals surface area contributed by atoms with Crippen LogP contribution in [0, 0.1) is 5.92 Å². The second-order valence-electron chi connectivity index (χ2n) is 8.61. The van der Waals surface area contributed by atoms with Gasteiger partial charge in [0, 0.05) is 23.2 Å². The van der Waals surface area contributed by atoms with E-state index in [-0.39, 0.29) is 17.7 Å². The molecule has 7 heteroatoms. The maximum atomic E-state index is 13.4. The lowest BCUT2D eigenvalue weighted by molar-refractivity contribution is -0.251. The van der Waals surface area contributed by atoms with Crippen LogP contribution in [-0.4, -0.2) is 47.5 Å². The molecule has 2 heterocycles. The summed E-state index contributed by atoms with van der Waals surface area (Å²) in [4.78, 5) is 32.7. The van der Waals surface area contributed by atoms with E-state index < -0.39 is 17.4 Å². The van der Waals surface area contributed by atoms with Crippen LogP contribution in [-0.2, 0) is 14.3 Å². The Morgan fingerprint density at radius 2 is 1.56 bits per heavy atom. The van der Waals surface area contributed by atoms with E-state index in [1.165, 1.54) is 5.06 Å². The van der Waals surface area contributed by atoms with Crippen molar-refractivity contribution < 1.29 is 23.9 Å². The van der Waals surface area contributed by atoms with Crippen molar-refractivity contribution in [2.24, 2.45) is 5.92 Å². The number of nitrogens with zero attached hydrogens (tertiary/aromatic N) is 1. The van der Waals surface area contributed by atoms with Crippen LogP contribution in [0.15, 0.2) is 72.4 Å². The Balaban J connectivity index is 1.53. The molecule has 166 valence electrons. The highest BCUT2D eigenvalue weighted by molar-refractivity contribution is 5.96. The van der Waals surface area contributed by atoms with Crippen molar-refractivity contribution in [2.45, 2.75) is 37.7 Å². The fraction of sp³-hybridized carbons (Fsp3) is 0.360. The molecule has 5 rings (SSSR count). The molecular formula is C25H26N2O5. The lowest BCUT2D eigenvalue weighted by Gasteiger charge is -2.44. The molecule has 2 unspecified atom stereocenters. The van der Waals surface area contributed by atoms with Gasteiger partial charge in [0.05, 0.1) is 13.2 Å². The first kappa shape index (κ1) is 20.9. The number of hydrogen-bond donors (Lipinski definition) is 1. The predicted octanol–water partition coefficient (Wildman–Crippen LogP) is 3.30. The van der Waals surface area contributed by atoms with Crippen LogP contribution in [0.1, 0.15) is 41.0 Å². The number of hydroxylamine groups is 2. The first-order chi connectivity index (χ1) is 15.5. The Morgan fingerprint density at radius 1 is 0.969 bits per heavy atom. The average Bonchev–Trinajstić information content (AvgIpc) is 3.35. The Labute approximate surface area is 186 Å². The van der Waals surface area contributed by atoms with E-state index in [9.17, 15) is 9.59 Å². The fourth-order valence-corrected chi connectivity index (χ4v) is 4.88. The van der Waals surface area contributed by atoms with Crippen molar-refractivity contribution in [1.29, 1.82) is 0 Å². The summed E-state index contributed by atoms with van der Waals surface area (Å²) in [5, 5.41) is 4.40. The van der Waals surface area contributed by atoms with Crippen molar-refractivity contribution in [1.82, 2.24) is 10.4 Å². The van der Waals surface area contributed by atoms with E-state index in [4.69, 9.17) is 14.3 Å². The third-order valence-electron chi connectivity index (χ3n) is 6.42. The molecular weight excluding hydrogens is 408 g/mol. The molecule has 2 amide bonds. The second kappa shape index (κ2) is 7.85. The van der Waals surface area contributed by atoms with Crippen LogP contribution in [0.25, 0.3) is 0 Å². The molecule has 2 fully saturated rings. The molecule has 1 N–H and O–H groups in total. The molecule has 2 aromatic rings. The zero-order valence-corrected chi connectivity index (χ0v) is 18.1. The Bertz CT molecular complexity index is 1050. The predicted molar refractivity (Wildman–Crippen MR) is 116 cm³/mol. The number of carbonyl (C=O) groups is 2. The summed E-state index contributed by atoms with van der Waals surface area (Å²) in [7, 11) is 0. The van der Waals surface area contributed by atoms with Crippen LogP contribution in [0.5, 0.6) is 0 Å². The van der Waals surface area contributed by atoms with Gasteiger partial charge < -0.3 is 14.8 Å². The molecule has 2 aliphatic heterocycles. The van der Waals surface area contributed by atoms with Gasteiger partial charge in [0.1, 0.15) is 6.04 Å². The number of amides is 2. The molecule has 32 heavy (non-hydrogen) atoms. The highest BCUT2D eigenvalue weighted by Gasteiger charge is 2.72. The molecule has 2 bridgehead atoms. The van der Waals surface area contributed by atoms with Crippen LogP contribution in [0.4, 0.5) is 0 Å². The Morgan fingerprint density at radius 3 is 2.16 bits per heavy atom. The summed E-state index contributed by atoms with van der Waals surface area (Å²) >= 11 is 0. The van der Waals surface area contributed by atoms with Gasteiger partial charge in [-0.25, -0.2) is 5.06 Å². The van der Waals surface area contributed by atoms with E-state index in [1.54, 1.807) is 24.3 Å². The molecule has 1 spiro atoms. The molecule has 2 aromatic carbocycles. The van der Waals surface area contributed by atoms with Crippen molar-refractivity contribution in [3.63, 3.8) is 0 Å². The standard InChI is InChI=1S/C25H26N2O5/c1-17(2)24-16-20(26-22(28)18-9-5-3-6-10-18)15-21(25(24)30-13-14-31-25)27(32-24)23(29)19-11-7-4-8-12-19/h3-12,16-17,21H,13-15H2,1-2H3,(H,26,28). The summed E-state index contributed by atoms with van der Waals surface area (Å²) in [5.74, 6) is -1.69. The summed E-state index contributed by atoms with van der Waals surface area (Å²) in [5.41, 5.74) is 0.703. The number of benzene rings is 2. The van der Waals surface area contributed by atoms with E-state index in [0.717, 1.165) is 0 Å². The number of carbonyl (C=O) groups excluding carboxylic acids is 2. The minimum atomic E-state index is -1.12. The minimum Gasteiger partial charge on any atom is -0.343 e. The smallest absolute Gasteiger partial charge is 0.277 e. The molecule has 7 nitrogen and oxygen atoms in total. The quantitative estimate of drug-likeness (QED) is 0.799. The van der Waals surface area contributed by atoms with Gasteiger partial charge in [-0.1, -0.05) is 50.2 Å². The van der Waals surface area contributed by atoms with Crippen molar-refractivity contribution in [3.05, 3.63) is 83.6 Å². The van der Waals surface area contributed by atoms with Gasteiger partial charge in [-0.2, -0.15) is 0 Å².